The highest BCUT2D eigenvalue weighted by molar-refractivity contribution is 7.28. The van der Waals surface area contributed by atoms with E-state index in [0.717, 1.165) is 87.9 Å². The van der Waals surface area contributed by atoms with Crippen LogP contribution in [-0.4, -0.2) is 18.3 Å². The topological polar surface area (TPSA) is 72.3 Å². The van der Waals surface area contributed by atoms with Crippen LogP contribution in [-0.2, 0) is 0 Å². The smallest absolute Gasteiger partial charge is 0.143 e. The van der Waals surface area contributed by atoms with E-state index in [2.05, 4.69) is 431 Å². The van der Waals surface area contributed by atoms with E-state index in [1.807, 2.05) is 93.9 Å². The van der Waals surface area contributed by atoms with Gasteiger partial charge in [0.2, 0.25) is 0 Å². The highest BCUT2D eigenvalue weighted by Crippen LogP contribution is 2.52. The molecule has 0 atom stereocenters. The quantitative estimate of drug-likeness (QED) is 0.152. The minimum absolute atomic E-state index is 0.928. The minimum atomic E-state index is 0.928. The van der Waals surface area contributed by atoms with Gasteiger partial charge in [0.05, 0.1) is 62.9 Å². The van der Waals surface area contributed by atoms with Crippen LogP contribution in [0.15, 0.2) is 479 Å². The molecule has 0 unspecified atom stereocenters. The highest BCUT2D eigenvalue weighted by Gasteiger charge is 2.26. The number of rotatable bonds is 8. The third kappa shape index (κ3) is 12.7. The summed E-state index contributed by atoms with van der Waals surface area (Å²) in [7, 11) is 0. The molecular weight excluding hydrogens is 1790 g/mol. The lowest BCUT2D eigenvalue weighted by molar-refractivity contribution is 0.668. The molecule has 0 spiro atoms. The molecular formula is C128H76N4O4S4. The predicted molar refractivity (Wildman–Crippen MR) is 596 cm³/mol. The molecule has 32 aromatic rings. The van der Waals surface area contributed by atoms with Crippen molar-refractivity contribution in [1.82, 2.24) is 18.3 Å². The molecule has 32 rings (SSSR count). The van der Waals surface area contributed by atoms with Crippen LogP contribution in [0.1, 0.15) is 0 Å². The van der Waals surface area contributed by atoms with E-state index >= 15 is 0 Å². The first-order valence-corrected chi connectivity index (χ1v) is 50.4. The van der Waals surface area contributed by atoms with Gasteiger partial charge in [0.25, 0.3) is 0 Å². The Morgan fingerprint density at radius 2 is 0.450 bits per heavy atom. The Morgan fingerprint density at radius 1 is 0.157 bits per heavy atom. The van der Waals surface area contributed by atoms with Crippen LogP contribution >= 0.6 is 45.3 Å². The summed E-state index contributed by atoms with van der Waals surface area (Å²) in [6.07, 6.45) is 0. The number of nitrogens with zero attached hydrogens (tertiary/aromatic N) is 4. The molecule has 0 N–H and O–H groups in total. The van der Waals surface area contributed by atoms with E-state index in [1.54, 1.807) is 0 Å². The van der Waals surface area contributed by atoms with Gasteiger partial charge in [-0.2, -0.15) is 0 Å². The molecule has 0 saturated carbocycles. The van der Waals surface area contributed by atoms with Gasteiger partial charge in [-0.25, -0.2) is 0 Å². The lowest BCUT2D eigenvalue weighted by Crippen LogP contribution is -1.92. The Labute approximate surface area is 815 Å². The number of furan rings is 4. The van der Waals surface area contributed by atoms with Crippen LogP contribution in [0.25, 0.3) is 280 Å². The second kappa shape index (κ2) is 32.2. The number of para-hydroxylation sites is 13. The zero-order valence-electron chi connectivity index (χ0n) is 74.9. The van der Waals surface area contributed by atoms with Gasteiger partial charge in [-0.1, -0.05) is 297 Å². The molecule has 0 aliphatic rings. The van der Waals surface area contributed by atoms with Gasteiger partial charge in [0.15, 0.2) is 0 Å². The fourth-order valence-corrected chi connectivity index (χ4v) is 26.7. The van der Waals surface area contributed by atoms with Crippen LogP contribution in [0, 0.1) is 0 Å². The summed E-state index contributed by atoms with van der Waals surface area (Å²) in [5.74, 6) is 0. The van der Waals surface area contributed by atoms with Crippen molar-refractivity contribution in [2.24, 2.45) is 0 Å². The Balaban J connectivity index is 0.0000000896. The lowest BCUT2D eigenvalue weighted by Gasteiger charge is -2.08. The molecule has 0 aliphatic carbocycles. The average Bonchev–Trinajstić information content (AvgIpc) is 1.57. The van der Waals surface area contributed by atoms with E-state index < -0.39 is 0 Å². The Bertz CT molecular complexity index is 10600. The number of fused-ring (bicyclic) bond motifs is 32. The second-order valence-corrected chi connectivity index (χ2v) is 40.1. The zero-order chi connectivity index (χ0) is 91.7. The zero-order valence-corrected chi connectivity index (χ0v) is 78.2. The molecule has 140 heavy (non-hydrogen) atoms. The number of benzene rings is 20. The van der Waals surface area contributed by atoms with Crippen LogP contribution in [0.4, 0.5) is 0 Å². The van der Waals surface area contributed by atoms with E-state index in [-0.39, 0.29) is 0 Å². The van der Waals surface area contributed by atoms with Gasteiger partial charge >= 0.3 is 0 Å². The molecule has 12 heteroatoms. The van der Waals surface area contributed by atoms with Crippen molar-refractivity contribution < 1.29 is 17.7 Å². The average molecular weight is 1860 g/mol. The number of thiophene rings is 4. The summed E-state index contributed by atoms with van der Waals surface area (Å²) in [4.78, 5) is 0. The Kier molecular flexibility index (Phi) is 18.4. The molecule has 0 radical (unpaired) electrons. The summed E-state index contributed by atoms with van der Waals surface area (Å²) >= 11 is 7.52. The fourth-order valence-electron chi connectivity index (χ4n) is 21.8. The number of aromatic nitrogens is 4. The first-order valence-electron chi connectivity index (χ1n) is 47.1. The van der Waals surface area contributed by atoms with Gasteiger partial charge in [-0.05, 0) is 203 Å². The van der Waals surface area contributed by atoms with E-state index in [9.17, 15) is 0 Å². The molecule has 0 saturated heterocycles. The first-order chi connectivity index (χ1) is 69.4. The van der Waals surface area contributed by atoms with Gasteiger partial charge in [-0.3, -0.25) is 0 Å². The predicted octanol–water partition coefficient (Wildman–Crippen LogP) is 38.3. The third-order valence-corrected chi connectivity index (χ3v) is 32.7. The Morgan fingerprint density at radius 3 is 0.957 bits per heavy atom. The highest BCUT2D eigenvalue weighted by atomic mass is 32.1. The molecule has 8 nitrogen and oxygen atoms in total. The summed E-state index contributed by atoms with van der Waals surface area (Å²) in [6.45, 7) is 0. The maximum atomic E-state index is 6.36. The summed E-state index contributed by atoms with van der Waals surface area (Å²) in [6, 6.07) is 164. The van der Waals surface area contributed by atoms with Crippen molar-refractivity contribution in [2.45, 2.75) is 0 Å². The normalized spacial score (nSPS) is 12.0. The molecule has 12 heterocycles. The third-order valence-electron chi connectivity index (χ3n) is 28.0. The number of hydrogen-bond acceptors (Lipinski definition) is 8. The molecule has 0 bridgehead atoms. The van der Waals surface area contributed by atoms with Crippen molar-refractivity contribution in [1.29, 1.82) is 0 Å². The SMILES string of the molecule is c1ccc(-n2c3ccccc3c3sc4cc(-c5ccc6oc7ccccc7c6c5)ccc4c32)cc1.c1ccc(-n2c3ccccc3c3sc4cc(-c5cccc6oc7ccccc7c56)ccc4c32)cc1.c1ccc(-n2c3ccccc3c3sc4ccc(-c5ccc6c(c5)oc5ccccc56)cc4c32)cc1.c1ccc(-n2c3ccccc3c3sc4ccc(-c5cccc6c5oc5ccccc56)cc4c32)cc1. The van der Waals surface area contributed by atoms with E-state index in [0.29, 0.717) is 0 Å². The second-order valence-electron chi connectivity index (χ2n) is 35.9. The molecule has 656 valence electrons. The van der Waals surface area contributed by atoms with Crippen molar-refractivity contribution >= 4 is 258 Å². The summed E-state index contributed by atoms with van der Waals surface area (Å²) in [5, 5.41) is 19.7. The van der Waals surface area contributed by atoms with Crippen molar-refractivity contribution in [3.63, 3.8) is 0 Å². The number of hydrogen-bond donors (Lipinski definition) is 0. The monoisotopic (exact) mass is 1860 g/mol. The van der Waals surface area contributed by atoms with E-state index in [4.69, 9.17) is 17.7 Å². The molecule has 12 aromatic heterocycles. The van der Waals surface area contributed by atoms with Crippen LogP contribution < -0.4 is 0 Å². The largest absolute Gasteiger partial charge is 0.456 e. The van der Waals surface area contributed by atoms with Gasteiger partial charge in [0.1, 0.15) is 44.7 Å². The first kappa shape index (κ1) is 80.0. The lowest BCUT2D eigenvalue weighted by atomic mass is 9.99. The van der Waals surface area contributed by atoms with Crippen LogP contribution in [0.2, 0.25) is 0 Å². The van der Waals surface area contributed by atoms with Crippen molar-refractivity contribution in [3.05, 3.63) is 461 Å². The van der Waals surface area contributed by atoms with Gasteiger partial charge < -0.3 is 35.9 Å². The van der Waals surface area contributed by atoms with E-state index in [1.165, 1.54) is 192 Å². The standard InChI is InChI=1S/4C32H19NOS/c1-2-9-21(10-3-1)33-27-15-6-4-12-25(27)32-30(33)26-19-20(17-18-29(26)35-32)22-13-8-14-24-23-11-5-7-16-28(23)34-31(22)24;1-2-9-21(10-3-1)33-26-14-6-4-11-23(26)32-31(33)25-18-17-20(19-29(25)35-32)22-13-8-16-28-30(22)24-12-5-7-15-27(24)34-28;1-2-8-22(9-3-1)33-27-12-6-4-11-25(27)32-31(33)26-18-20(15-17-30(26)35-32)21-14-16-24-23-10-5-7-13-28(23)34-29(24)19-21;1-2-8-22(9-3-1)33-27-12-6-4-11-24(27)32-31(33)25-16-14-21(19-30(25)35-32)20-15-17-29-26(18-20)23-10-5-7-13-28(23)34-29/h4*1-19H. The molecule has 0 fully saturated rings. The molecule has 20 aromatic carbocycles. The molecule has 0 aliphatic heterocycles. The minimum Gasteiger partial charge on any atom is -0.456 e. The fraction of sp³-hybridized carbons (Fsp3) is 0. The summed E-state index contributed by atoms with van der Waals surface area (Å²) in [5.41, 5.74) is 31.9. The maximum Gasteiger partial charge on any atom is 0.143 e. The van der Waals surface area contributed by atoms with Crippen LogP contribution in [0.5, 0.6) is 0 Å². The van der Waals surface area contributed by atoms with Crippen molar-refractivity contribution in [3.8, 4) is 67.3 Å². The Hall–Kier alpha value is -17.4. The van der Waals surface area contributed by atoms with Crippen molar-refractivity contribution in [2.75, 3.05) is 0 Å². The maximum absolute atomic E-state index is 6.36. The summed E-state index contributed by atoms with van der Waals surface area (Å²) < 4.78 is 44.9. The van der Waals surface area contributed by atoms with Crippen LogP contribution in [0.3, 0.4) is 0 Å². The molecule has 0 amide bonds. The van der Waals surface area contributed by atoms with Gasteiger partial charge in [0, 0.05) is 133 Å². The van der Waals surface area contributed by atoms with Gasteiger partial charge in [-0.15, -0.1) is 45.3 Å².